The smallest absolute Gasteiger partial charge is 0.263 e. The number of nitrogens with zero attached hydrogens (tertiary/aromatic N) is 2. The fraction of sp³-hybridized carbons (Fsp3) is 0.500. The Hall–Kier alpha value is -1.53. The van der Waals surface area contributed by atoms with E-state index < -0.39 is 5.95 Å². The average molecular weight is 192 g/mol. The van der Waals surface area contributed by atoms with Crippen LogP contribution in [-0.4, -0.2) is 24.9 Å². The van der Waals surface area contributed by atoms with Crippen LogP contribution in [0.4, 0.5) is 8.87 Å². The van der Waals surface area contributed by atoms with Crippen molar-refractivity contribution in [3.8, 4) is 0 Å². The number of hydrogen-bond donors (Lipinski definition) is 2. The van der Waals surface area contributed by atoms with Crippen molar-refractivity contribution in [3.05, 3.63) is 11.6 Å². The molecule has 0 amide bonds. The summed E-state index contributed by atoms with van der Waals surface area (Å²) in [4.78, 5) is 0. The summed E-state index contributed by atoms with van der Waals surface area (Å²) in [5.41, 5.74) is 1.74. The molecule has 0 aromatic heterocycles. The molecule has 13 heavy (non-hydrogen) atoms. The first-order valence-corrected chi connectivity index (χ1v) is 3.68. The molecule has 1 aliphatic rings. The van der Waals surface area contributed by atoms with Crippen LogP contribution in [0.1, 0.15) is 6.92 Å². The summed E-state index contributed by atoms with van der Waals surface area (Å²) in [6.07, 6.45) is 0. The first-order valence-electron chi connectivity index (χ1n) is 3.68. The van der Waals surface area contributed by atoms with E-state index in [4.69, 9.17) is 0 Å². The van der Waals surface area contributed by atoms with E-state index in [-0.39, 0.29) is 16.9 Å². The summed E-state index contributed by atoms with van der Waals surface area (Å²) in [5, 5.41) is 5.63. The van der Waals surface area contributed by atoms with Crippen molar-refractivity contribution in [1.29, 1.82) is 0 Å². The van der Waals surface area contributed by atoms with Gasteiger partial charge in [0.25, 0.3) is 5.90 Å². The lowest BCUT2D eigenvalue weighted by atomic mass is 10.4. The van der Waals surface area contributed by atoms with Crippen molar-refractivity contribution < 1.29 is 13.6 Å². The first-order chi connectivity index (χ1) is 6.19. The molecule has 0 aliphatic carbocycles. The number of hydrogen-bond acceptors (Lipinski definition) is 5. The molecule has 0 aromatic carbocycles. The number of halogens is 2. The second-order valence-electron chi connectivity index (χ2n) is 2.20. The highest BCUT2D eigenvalue weighted by Gasteiger charge is 2.22. The summed E-state index contributed by atoms with van der Waals surface area (Å²) in [6.45, 7) is 2.26. The fourth-order valence-corrected chi connectivity index (χ4v) is 0.858. The van der Waals surface area contributed by atoms with Gasteiger partial charge in [0.2, 0.25) is 5.95 Å². The van der Waals surface area contributed by atoms with Gasteiger partial charge in [-0.25, -0.2) is 5.43 Å². The molecule has 1 heterocycles. The second kappa shape index (κ2) is 3.92. The quantitative estimate of drug-likeness (QED) is 0.491. The van der Waals surface area contributed by atoms with Gasteiger partial charge in [-0.05, 0) is 12.3 Å². The van der Waals surface area contributed by atoms with Gasteiger partial charge in [-0.3, -0.25) is 0 Å². The molecule has 1 aliphatic heterocycles. The van der Waals surface area contributed by atoms with E-state index in [9.17, 15) is 8.87 Å². The minimum atomic E-state index is -0.865. The van der Waals surface area contributed by atoms with Gasteiger partial charge < -0.3 is 10.1 Å². The summed E-state index contributed by atoms with van der Waals surface area (Å²) in [6, 6.07) is 0. The summed E-state index contributed by atoms with van der Waals surface area (Å²) in [7, 11) is 1.28. The van der Waals surface area contributed by atoms with E-state index in [1.54, 1.807) is 12.3 Å². The maximum absolute atomic E-state index is 13.0. The van der Waals surface area contributed by atoms with Crippen LogP contribution in [0.2, 0.25) is 0 Å². The number of ether oxygens (including phenoxy) is 1. The molecule has 0 saturated carbocycles. The molecule has 0 fully saturated rings. The highest BCUT2D eigenvalue weighted by atomic mass is 19.2. The molecule has 0 radical (unpaired) electrons. The van der Waals surface area contributed by atoms with Crippen LogP contribution in [0, 0.1) is 0 Å². The van der Waals surface area contributed by atoms with Crippen molar-refractivity contribution in [2.45, 2.75) is 6.92 Å². The number of rotatable bonds is 2. The van der Waals surface area contributed by atoms with Crippen LogP contribution in [0.15, 0.2) is 16.7 Å². The Morgan fingerprint density at radius 3 is 2.92 bits per heavy atom. The zero-order valence-electron chi connectivity index (χ0n) is 7.27. The summed E-state index contributed by atoms with van der Waals surface area (Å²) in [5.74, 6) is -1.00. The summed E-state index contributed by atoms with van der Waals surface area (Å²) < 4.78 is 30.1. The largest absolute Gasteiger partial charge is 0.478 e. The zero-order chi connectivity index (χ0) is 9.84. The highest BCUT2D eigenvalue weighted by molar-refractivity contribution is 5.93. The van der Waals surface area contributed by atoms with Gasteiger partial charge in [-0.2, -0.15) is 4.39 Å². The van der Waals surface area contributed by atoms with Gasteiger partial charge >= 0.3 is 0 Å². The van der Waals surface area contributed by atoms with Crippen LogP contribution >= 0.6 is 0 Å². The van der Waals surface area contributed by atoms with Gasteiger partial charge in [0, 0.05) is 6.54 Å². The predicted octanol–water partition coefficient (Wildman–Crippen LogP) is 0.399. The van der Waals surface area contributed by atoms with Gasteiger partial charge in [0.05, 0.1) is 7.11 Å². The van der Waals surface area contributed by atoms with E-state index in [0.29, 0.717) is 6.54 Å². The Bertz CT molecular complexity index is 253. The minimum Gasteiger partial charge on any atom is -0.478 e. The zero-order valence-corrected chi connectivity index (χ0v) is 7.27. The highest BCUT2D eigenvalue weighted by Crippen LogP contribution is 2.10. The Balaban J connectivity index is 2.86. The van der Waals surface area contributed by atoms with Gasteiger partial charge in [-0.15, -0.1) is 0 Å². The molecular formula is C6H10F2N4O. The Kier molecular flexibility index (Phi) is 2.88. The minimum absolute atomic E-state index is 0.0129. The third-order valence-electron chi connectivity index (χ3n) is 1.35. The molecule has 0 unspecified atom stereocenters. The molecule has 0 spiro atoms. The van der Waals surface area contributed by atoms with Crippen LogP contribution in [-0.2, 0) is 4.74 Å². The van der Waals surface area contributed by atoms with Crippen LogP contribution in [0.5, 0.6) is 0 Å². The molecule has 0 aromatic rings. The van der Waals surface area contributed by atoms with Crippen LogP contribution < -0.4 is 10.7 Å². The lowest BCUT2D eigenvalue weighted by Gasteiger charge is -2.19. The maximum atomic E-state index is 13.0. The van der Waals surface area contributed by atoms with Crippen molar-refractivity contribution >= 4 is 5.90 Å². The van der Waals surface area contributed by atoms with Gasteiger partial charge in [0.1, 0.15) is 0 Å². The fourth-order valence-electron chi connectivity index (χ4n) is 0.858. The third kappa shape index (κ3) is 1.98. The predicted molar refractivity (Wildman–Crippen MR) is 42.3 cm³/mol. The van der Waals surface area contributed by atoms with Gasteiger partial charge in [0.15, 0.2) is 5.70 Å². The molecule has 5 nitrogen and oxygen atoms in total. The van der Waals surface area contributed by atoms with E-state index in [0.717, 1.165) is 0 Å². The van der Waals surface area contributed by atoms with Crippen molar-refractivity contribution in [2.75, 3.05) is 13.7 Å². The maximum Gasteiger partial charge on any atom is 0.263 e. The lowest BCUT2D eigenvalue weighted by Crippen LogP contribution is -2.37. The first kappa shape index (κ1) is 9.56. The van der Waals surface area contributed by atoms with Crippen molar-refractivity contribution in [2.24, 2.45) is 5.10 Å². The number of methoxy groups -OCH3 is 1. The van der Waals surface area contributed by atoms with Crippen molar-refractivity contribution in [1.82, 2.24) is 16.1 Å². The molecule has 0 atom stereocenters. The molecule has 7 heteroatoms. The Morgan fingerprint density at radius 1 is 1.69 bits per heavy atom. The second-order valence-corrected chi connectivity index (χ2v) is 2.20. The van der Waals surface area contributed by atoms with Crippen LogP contribution in [0.25, 0.3) is 0 Å². The normalized spacial score (nSPS) is 16.6. The molecule has 1 rings (SSSR count). The number of likely N-dealkylation sites (N-methyl/N-ethyl adjacent to an activating group) is 1. The molecule has 0 bridgehead atoms. The molecular weight excluding hydrogens is 182 g/mol. The van der Waals surface area contributed by atoms with E-state index in [1.807, 2.05) is 0 Å². The number of nitrogens with one attached hydrogen (secondary N) is 2. The Morgan fingerprint density at radius 2 is 2.38 bits per heavy atom. The topological polar surface area (TPSA) is 48.9 Å². The number of hydrazone groups is 1. The van der Waals surface area contributed by atoms with E-state index >= 15 is 0 Å². The van der Waals surface area contributed by atoms with Gasteiger partial charge in [-0.1, -0.05) is 9.58 Å². The van der Waals surface area contributed by atoms with Crippen molar-refractivity contribution in [3.63, 3.8) is 0 Å². The molecule has 2 N–H and O–H groups in total. The monoisotopic (exact) mass is 192 g/mol. The average Bonchev–Trinajstić information content (AvgIpc) is 2.09. The Labute approximate surface area is 73.9 Å². The standard InChI is InChI=1S/C6H10F2N4O/c1-3-9-4-5(7)10-12(8)11-6(4)13-2/h9-10H,3H2,1-2H3. The van der Waals surface area contributed by atoms with Crippen LogP contribution in [0.3, 0.4) is 0 Å². The molecule has 0 saturated heterocycles. The SMILES string of the molecule is CCNC1=C(F)NN(F)N=C1OC. The summed E-state index contributed by atoms with van der Waals surface area (Å²) >= 11 is 0. The molecule has 74 valence electrons. The third-order valence-corrected chi connectivity index (χ3v) is 1.35. The van der Waals surface area contributed by atoms with E-state index in [1.165, 1.54) is 7.11 Å². The lowest BCUT2D eigenvalue weighted by molar-refractivity contribution is -0.0323. The number of hydrazine groups is 1. The van der Waals surface area contributed by atoms with E-state index in [2.05, 4.69) is 15.2 Å².